The lowest BCUT2D eigenvalue weighted by atomic mass is 10.3. The number of aliphatic hydroxyl groups excluding tert-OH is 1. The molecule has 1 heterocycles. The number of hydrogen-bond acceptors (Lipinski definition) is 5. The van der Waals surface area contributed by atoms with Gasteiger partial charge in [-0.3, -0.25) is 0 Å². The van der Waals surface area contributed by atoms with Gasteiger partial charge in [0.25, 0.3) is 0 Å². The first-order valence-electron chi connectivity index (χ1n) is 4.69. The van der Waals surface area contributed by atoms with Crippen molar-refractivity contribution in [2.24, 2.45) is 0 Å². The van der Waals surface area contributed by atoms with Crippen molar-refractivity contribution in [2.45, 2.75) is 19.6 Å². The van der Waals surface area contributed by atoms with Crippen molar-refractivity contribution in [3.8, 4) is 0 Å². The van der Waals surface area contributed by atoms with Gasteiger partial charge in [0, 0.05) is 6.54 Å². The van der Waals surface area contributed by atoms with Crippen molar-refractivity contribution < 1.29 is 10.0 Å². The summed E-state index contributed by atoms with van der Waals surface area (Å²) in [6.45, 7) is 3.25. The minimum absolute atomic E-state index is 0. The fraction of sp³-hybridized carbons (Fsp3) is 0.625. The zero-order valence-electron chi connectivity index (χ0n) is 8.87. The number of aliphatic hydroxyl groups is 1. The third-order valence-electron chi connectivity index (χ3n) is 1.89. The smallest absolute Gasteiger partial charge is 0.390 e. The summed E-state index contributed by atoms with van der Waals surface area (Å²) < 4.78 is 1.32. The van der Waals surface area contributed by atoms with Gasteiger partial charge in [-0.25, -0.2) is 4.57 Å². The number of halogens is 1. The Balaban J connectivity index is 0.00000225. The van der Waals surface area contributed by atoms with E-state index in [1.807, 2.05) is 6.92 Å². The molecule has 1 rings (SSSR count). The Hall–Kier alpha value is -1.18. The van der Waals surface area contributed by atoms with Crippen LogP contribution in [0.15, 0.2) is 12.4 Å². The largest absolute Gasteiger partial charge is 0.434 e. The van der Waals surface area contributed by atoms with Gasteiger partial charge in [0.15, 0.2) is 0 Å². The Morgan fingerprint density at radius 3 is 3.00 bits per heavy atom. The van der Waals surface area contributed by atoms with E-state index in [1.54, 1.807) is 0 Å². The van der Waals surface area contributed by atoms with E-state index in [0.29, 0.717) is 6.54 Å². The standard InChI is InChI=1S/C8H14N4O3.ClH/c1-2-9-5-7(13)6-11-4-3-10-8(11)12(14)15;/h3-4,7,9,13H,2,5-6H2,1H3;1H. The second-order valence-corrected chi connectivity index (χ2v) is 3.10. The van der Waals surface area contributed by atoms with Gasteiger partial charge in [0.1, 0.15) is 12.4 Å². The van der Waals surface area contributed by atoms with Crippen molar-refractivity contribution in [3.63, 3.8) is 0 Å². The van der Waals surface area contributed by atoms with Crippen LogP contribution in [0.25, 0.3) is 0 Å². The maximum atomic E-state index is 10.5. The summed E-state index contributed by atoms with van der Waals surface area (Å²) >= 11 is 0. The Bertz CT molecular complexity index is 331. The topological polar surface area (TPSA) is 93.2 Å². The quantitative estimate of drug-likeness (QED) is 0.555. The highest BCUT2D eigenvalue weighted by atomic mass is 35.5. The zero-order valence-corrected chi connectivity index (χ0v) is 9.68. The Morgan fingerprint density at radius 2 is 2.44 bits per heavy atom. The molecule has 8 heteroatoms. The van der Waals surface area contributed by atoms with Gasteiger partial charge in [-0.2, -0.15) is 0 Å². The number of nitrogens with one attached hydrogen (secondary N) is 1. The van der Waals surface area contributed by atoms with Gasteiger partial charge in [0.05, 0.1) is 12.6 Å². The maximum absolute atomic E-state index is 10.5. The molecule has 92 valence electrons. The molecule has 1 unspecified atom stereocenters. The number of aromatic nitrogens is 2. The van der Waals surface area contributed by atoms with E-state index < -0.39 is 11.0 Å². The molecular weight excluding hydrogens is 236 g/mol. The third kappa shape index (κ3) is 4.13. The molecule has 0 aliphatic rings. The van der Waals surface area contributed by atoms with Gasteiger partial charge >= 0.3 is 5.95 Å². The number of nitro groups is 1. The third-order valence-corrected chi connectivity index (χ3v) is 1.89. The van der Waals surface area contributed by atoms with E-state index in [1.165, 1.54) is 17.0 Å². The molecule has 0 fully saturated rings. The summed E-state index contributed by atoms with van der Waals surface area (Å²) in [4.78, 5) is 13.5. The lowest BCUT2D eigenvalue weighted by molar-refractivity contribution is -0.397. The minimum atomic E-state index is -0.655. The van der Waals surface area contributed by atoms with Crippen LogP contribution in [-0.2, 0) is 6.54 Å². The van der Waals surface area contributed by atoms with Crippen LogP contribution in [0.2, 0.25) is 0 Å². The predicted molar refractivity (Wildman–Crippen MR) is 60.7 cm³/mol. The summed E-state index contributed by atoms with van der Waals surface area (Å²) in [5.41, 5.74) is 0. The first kappa shape index (κ1) is 14.8. The van der Waals surface area contributed by atoms with Crippen molar-refractivity contribution in [1.29, 1.82) is 0 Å². The average Bonchev–Trinajstić information content (AvgIpc) is 2.62. The first-order valence-corrected chi connectivity index (χ1v) is 4.69. The Kier molecular flexibility index (Phi) is 6.63. The molecule has 0 aliphatic heterocycles. The highest BCUT2D eigenvalue weighted by Gasteiger charge is 2.16. The monoisotopic (exact) mass is 250 g/mol. The summed E-state index contributed by atoms with van der Waals surface area (Å²) in [5.74, 6) is -0.245. The van der Waals surface area contributed by atoms with Crippen molar-refractivity contribution >= 4 is 18.4 Å². The molecule has 2 N–H and O–H groups in total. The molecule has 0 amide bonds. The van der Waals surface area contributed by atoms with Crippen LogP contribution in [0, 0.1) is 10.1 Å². The van der Waals surface area contributed by atoms with Gasteiger partial charge < -0.3 is 20.5 Å². The van der Waals surface area contributed by atoms with E-state index in [0.717, 1.165) is 6.54 Å². The van der Waals surface area contributed by atoms with Gasteiger partial charge in [-0.05, 0) is 11.5 Å². The molecule has 16 heavy (non-hydrogen) atoms. The Morgan fingerprint density at radius 1 is 1.75 bits per heavy atom. The summed E-state index contributed by atoms with van der Waals surface area (Å²) in [7, 11) is 0. The summed E-state index contributed by atoms with van der Waals surface area (Å²) in [6.07, 6.45) is 2.17. The fourth-order valence-corrected chi connectivity index (χ4v) is 1.22. The molecule has 1 aromatic rings. The van der Waals surface area contributed by atoms with Crippen LogP contribution in [0.1, 0.15) is 6.92 Å². The fourth-order valence-electron chi connectivity index (χ4n) is 1.22. The highest BCUT2D eigenvalue weighted by molar-refractivity contribution is 5.85. The van der Waals surface area contributed by atoms with Crippen LogP contribution in [-0.4, -0.2) is 38.8 Å². The molecular formula is C8H15ClN4O3. The number of imidazole rings is 1. The molecule has 0 aliphatic carbocycles. The molecule has 0 bridgehead atoms. The van der Waals surface area contributed by atoms with Gasteiger partial charge in [-0.15, -0.1) is 12.4 Å². The van der Waals surface area contributed by atoms with Crippen molar-refractivity contribution in [3.05, 3.63) is 22.5 Å². The predicted octanol–water partition coefficient (Wildman–Crippen LogP) is 0.183. The maximum Gasteiger partial charge on any atom is 0.434 e. The summed E-state index contributed by atoms with van der Waals surface area (Å²) in [5, 5.41) is 23.0. The first-order chi connectivity index (χ1) is 7.15. The number of hydrogen-bond donors (Lipinski definition) is 2. The molecule has 0 aromatic carbocycles. The Labute approximate surface area is 99.0 Å². The molecule has 0 saturated carbocycles. The normalized spacial score (nSPS) is 11.9. The van der Waals surface area contributed by atoms with Crippen LogP contribution >= 0.6 is 12.4 Å². The lowest BCUT2D eigenvalue weighted by Crippen LogP contribution is -2.30. The van der Waals surface area contributed by atoms with E-state index in [2.05, 4.69) is 10.3 Å². The number of likely N-dealkylation sites (N-methyl/N-ethyl adjacent to an activating group) is 1. The molecule has 0 spiro atoms. The highest BCUT2D eigenvalue weighted by Crippen LogP contribution is 2.07. The lowest BCUT2D eigenvalue weighted by Gasteiger charge is -2.09. The molecule has 1 atom stereocenters. The average molecular weight is 251 g/mol. The van der Waals surface area contributed by atoms with Crippen LogP contribution in [0.4, 0.5) is 5.95 Å². The van der Waals surface area contributed by atoms with E-state index in [-0.39, 0.29) is 24.9 Å². The summed E-state index contributed by atoms with van der Waals surface area (Å²) in [6, 6.07) is 0. The number of nitrogens with zero attached hydrogens (tertiary/aromatic N) is 3. The van der Waals surface area contributed by atoms with E-state index in [4.69, 9.17) is 0 Å². The van der Waals surface area contributed by atoms with Crippen molar-refractivity contribution in [2.75, 3.05) is 13.1 Å². The SMILES string of the molecule is CCNCC(O)Cn1ccnc1[N+](=O)[O-].Cl. The number of rotatable bonds is 6. The van der Waals surface area contributed by atoms with Crippen molar-refractivity contribution in [1.82, 2.24) is 14.9 Å². The zero-order chi connectivity index (χ0) is 11.3. The van der Waals surface area contributed by atoms with E-state index in [9.17, 15) is 15.2 Å². The molecule has 7 nitrogen and oxygen atoms in total. The second kappa shape index (κ2) is 7.15. The van der Waals surface area contributed by atoms with Gasteiger partial charge in [-0.1, -0.05) is 11.9 Å². The van der Waals surface area contributed by atoms with Crippen LogP contribution in [0.5, 0.6) is 0 Å². The molecule has 0 radical (unpaired) electrons. The molecule has 1 aromatic heterocycles. The second-order valence-electron chi connectivity index (χ2n) is 3.10. The van der Waals surface area contributed by atoms with E-state index >= 15 is 0 Å². The van der Waals surface area contributed by atoms with Gasteiger partial charge in [0.2, 0.25) is 0 Å². The van der Waals surface area contributed by atoms with Crippen LogP contribution in [0.3, 0.4) is 0 Å². The minimum Gasteiger partial charge on any atom is -0.390 e. The molecule has 0 saturated heterocycles. The van der Waals surface area contributed by atoms with Crippen LogP contribution < -0.4 is 5.32 Å².